The summed E-state index contributed by atoms with van der Waals surface area (Å²) in [6.45, 7) is 2.10. The number of quaternary nitrogens is 1. The van der Waals surface area contributed by atoms with E-state index in [1.54, 1.807) is 19.3 Å². The smallest absolute Gasteiger partial charge is 0.339 e. The molecule has 2 saturated heterocycles. The molecule has 3 N–H and O–H groups in total. The number of amides is 2. The molecule has 1 unspecified atom stereocenters. The summed E-state index contributed by atoms with van der Waals surface area (Å²) in [6.07, 6.45) is 4.03. The van der Waals surface area contributed by atoms with Crippen LogP contribution in [0.3, 0.4) is 0 Å². The molecule has 0 bridgehead atoms. The minimum atomic E-state index is -4.61. The van der Waals surface area contributed by atoms with Crippen LogP contribution in [0, 0.1) is 18.7 Å². The molecule has 9 nitrogen and oxygen atoms in total. The third-order valence-electron chi connectivity index (χ3n) is 8.03. The fraction of sp³-hybridized carbons (Fsp3) is 0.321. The van der Waals surface area contributed by atoms with Crippen molar-refractivity contribution in [1.29, 1.82) is 0 Å². The summed E-state index contributed by atoms with van der Waals surface area (Å²) in [6, 6.07) is 4.13. The standard InChI is InChI=1S/C28H25F4N7O2/c1-15-10-17(27(41)36-22-12-18(6-7-35-22)28(30,31)32)11-20(29)24(15)26-37-25(21-13-34-8-9-39(21,26)33)16-2-3-19-4-5-23(40)38(19)14-16/h6-13,16,19H,2-5,14,33H2,1H3/p+1/t16-,19+,39?/m1/s1. The number of nitrogens with zero attached hydrogens (tertiary/aromatic N) is 5. The lowest BCUT2D eigenvalue weighted by atomic mass is 9.90. The van der Waals surface area contributed by atoms with E-state index < -0.39 is 28.1 Å². The highest BCUT2D eigenvalue weighted by Crippen LogP contribution is 2.41. The van der Waals surface area contributed by atoms with Crippen LogP contribution >= 0.6 is 0 Å². The van der Waals surface area contributed by atoms with E-state index in [1.165, 1.54) is 12.3 Å². The van der Waals surface area contributed by atoms with E-state index in [2.05, 4.69) is 15.3 Å². The van der Waals surface area contributed by atoms with E-state index in [1.807, 2.05) is 4.90 Å². The number of amidine groups is 1. The Morgan fingerprint density at radius 1 is 1.20 bits per heavy atom. The van der Waals surface area contributed by atoms with Gasteiger partial charge in [0.25, 0.3) is 11.7 Å². The molecule has 2 amide bonds. The molecule has 13 heteroatoms. The highest BCUT2D eigenvalue weighted by Gasteiger charge is 2.49. The van der Waals surface area contributed by atoms with Crippen molar-refractivity contribution in [2.45, 2.75) is 44.8 Å². The average Bonchev–Trinajstić information content (AvgIpc) is 3.44. The number of piperidine rings is 1. The molecule has 0 saturated carbocycles. The van der Waals surface area contributed by atoms with Crippen molar-refractivity contribution in [3.8, 4) is 0 Å². The number of rotatable bonds is 4. The zero-order valence-corrected chi connectivity index (χ0v) is 22.0. The molecule has 5 heterocycles. The minimum absolute atomic E-state index is 0.0969. The Kier molecular flexibility index (Phi) is 6.38. The van der Waals surface area contributed by atoms with Crippen molar-refractivity contribution in [3.05, 3.63) is 82.3 Å². The van der Waals surface area contributed by atoms with Crippen molar-refractivity contribution in [3.63, 3.8) is 0 Å². The molecular formula is C28H26F4N7O2+. The molecule has 4 aliphatic rings. The van der Waals surface area contributed by atoms with Gasteiger partial charge < -0.3 is 10.2 Å². The first kappa shape index (κ1) is 27.0. The van der Waals surface area contributed by atoms with Gasteiger partial charge in [-0.2, -0.15) is 24.0 Å². The zero-order chi connectivity index (χ0) is 29.1. The molecule has 212 valence electrons. The lowest BCUT2D eigenvalue weighted by molar-refractivity contribution is -0.750. The van der Waals surface area contributed by atoms with Gasteiger partial charge in [0, 0.05) is 36.7 Å². The van der Waals surface area contributed by atoms with Crippen molar-refractivity contribution in [2.75, 3.05) is 11.9 Å². The second kappa shape index (κ2) is 9.70. The number of aromatic nitrogens is 1. The van der Waals surface area contributed by atoms with Crippen LogP contribution in [0.15, 0.2) is 64.2 Å². The van der Waals surface area contributed by atoms with Crippen LogP contribution in [0.25, 0.3) is 0 Å². The Labute approximate surface area is 232 Å². The number of alkyl halides is 3. The first-order valence-corrected chi connectivity index (χ1v) is 13.1. The fourth-order valence-corrected chi connectivity index (χ4v) is 5.98. The molecule has 3 atom stereocenters. The Balaban J connectivity index is 1.31. The summed E-state index contributed by atoms with van der Waals surface area (Å²) in [4.78, 5) is 40.0. The van der Waals surface area contributed by atoms with Crippen LogP contribution in [0.5, 0.6) is 0 Å². The molecule has 4 aliphatic heterocycles. The number of aliphatic imine (C=N–C) groups is 2. The molecule has 2 fully saturated rings. The van der Waals surface area contributed by atoms with Crippen molar-refractivity contribution >= 4 is 29.7 Å². The Bertz CT molecular complexity index is 1570. The first-order chi connectivity index (χ1) is 19.5. The zero-order valence-electron chi connectivity index (χ0n) is 22.0. The molecule has 0 radical (unpaired) electrons. The van der Waals surface area contributed by atoms with Gasteiger partial charge in [-0.25, -0.2) is 9.37 Å². The highest BCUT2D eigenvalue weighted by molar-refractivity contribution is 6.06. The fourth-order valence-electron chi connectivity index (χ4n) is 5.98. The lowest BCUT2D eigenvalue weighted by Gasteiger charge is -2.35. The van der Waals surface area contributed by atoms with Gasteiger partial charge in [0.2, 0.25) is 11.6 Å². The molecule has 6 rings (SSSR count). The quantitative estimate of drug-likeness (QED) is 0.323. The van der Waals surface area contributed by atoms with E-state index in [4.69, 9.17) is 10.8 Å². The summed E-state index contributed by atoms with van der Waals surface area (Å²) >= 11 is 0. The van der Waals surface area contributed by atoms with Crippen LogP contribution in [0.2, 0.25) is 0 Å². The Morgan fingerprint density at radius 3 is 2.76 bits per heavy atom. The van der Waals surface area contributed by atoms with Gasteiger partial charge in [-0.1, -0.05) is 0 Å². The third-order valence-corrected chi connectivity index (χ3v) is 8.03. The lowest BCUT2D eigenvalue weighted by Crippen LogP contribution is -2.53. The SMILES string of the molecule is Cc1cc(C(=O)Nc2cc(C(F)(F)F)ccn2)cc(F)c1C1=NC([C@@H]2CC[C@H]3CCC(=O)N3C2)=C2C=NC=C[N+]12N. The predicted molar refractivity (Wildman–Crippen MR) is 141 cm³/mol. The molecule has 2 aromatic rings. The second-order valence-corrected chi connectivity index (χ2v) is 10.6. The van der Waals surface area contributed by atoms with Crippen LogP contribution < -0.4 is 11.2 Å². The van der Waals surface area contributed by atoms with Crippen LogP contribution in [-0.2, 0) is 11.0 Å². The molecular weight excluding hydrogens is 542 g/mol. The van der Waals surface area contributed by atoms with Gasteiger partial charge in [0.15, 0.2) is 0 Å². The molecule has 1 aromatic heterocycles. The van der Waals surface area contributed by atoms with Gasteiger partial charge in [0.1, 0.15) is 23.5 Å². The molecule has 41 heavy (non-hydrogen) atoms. The van der Waals surface area contributed by atoms with Crippen molar-refractivity contribution < 1.29 is 31.7 Å². The van der Waals surface area contributed by atoms with E-state index in [9.17, 15) is 22.8 Å². The number of hydrogen-bond donors (Lipinski definition) is 2. The number of aryl methyl sites for hydroxylation is 1. The summed E-state index contributed by atoms with van der Waals surface area (Å²) in [5.41, 5.74) is 0.582. The highest BCUT2D eigenvalue weighted by atomic mass is 19.4. The van der Waals surface area contributed by atoms with E-state index >= 15 is 4.39 Å². The van der Waals surface area contributed by atoms with Crippen molar-refractivity contribution in [2.24, 2.45) is 21.7 Å². The van der Waals surface area contributed by atoms with Crippen LogP contribution in [0.1, 0.15) is 52.7 Å². The summed E-state index contributed by atoms with van der Waals surface area (Å²) in [5.74, 6) is 5.10. The number of carbonyl (C=O) groups is 2. The Morgan fingerprint density at radius 2 is 2.00 bits per heavy atom. The molecule has 0 aliphatic carbocycles. The third kappa shape index (κ3) is 4.64. The summed E-state index contributed by atoms with van der Waals surface area (Å²) < 4.78 is 54.5. The van der Waals surface area contributed by atoms with Crippen LogP contribution in [-0.4, -0.2) is 50.9 Å². The maximum atomic E-state index is 15.8. The number of benzene rings is 1. The first-order valence-electron chi connectivity index (χ1n) is 13.1. The minimum Gasteiger partial charge on any atom is -0.339 e. The van der Waals surface area contributed by atoms with E-state index in [0.29, 0.717) is 36.0 Å². The number of halogens is 4. The number of pyridine rings is 1. The second-order valence-electron chi connectivity index (χ2n) is 10.6. The topological polar surface area (TPSA) is 113 Å². The number of allylic oxidation sites excluding steroid dienone is 1. The van der Waals surface area contributed by atoms with Gasteiger partial charge in [0.05, 0.1) is 23.5 Å². The number of hydrogen-bond acceptors (Lipinski definition) is 6. The summed E-state index contributed by atoms with van der Waals surface area (Å²) in [5, 5.41) is 2.29. The van der Waals surface area contributed by atoms with E-state index in [0.717, 1.165) is 37.6 Å². The van der Waals surface area contributed by atoms with Gasteiger partial charge in [-0.15, -0.1) is 4.59 Å². The van der Waals surface area contributed by atoms with Gasteiger partial charge in [-0.3, -0.25) is 14.6 Å². The number of nitrogens with one attached hydrogen (secondary N) is 1. The maximum Gasteiger partial charge on any atom is 0.416 e. The molecule has 1 aromatic carbocycles. The maximum absolute atomic E-state index is 15.8. The number of fused-ring (bicyclic) bond motifs is 2. The largest absolute Gasteiger partial charge is 0.416 e. The monoisotopic (exact) mass is 568 g/mol. The number of nitrogens with two attached hydrogens (primary N) is 1. The van der Waals surface area contributed by atoms with E-state index in [-0.39, 0.29) is 40.6 Å². The van der Waals surface area contributed by atoms with Gasteiger partial charge in [-0.05, 0) is 56.0 Å². The molecule has 0 spiro atoms. The average molecular weight is 569 g/mol. The van der Waals surface area contributed by atoms with Crippen molar-refractivity contribution in [1.82, 2.24) is 9.88 Å². The predicted octanol–water partition coefficient (Wildman–Crippen LogP) is 4.42. The Hall–Kier alpha value is -4.23. The van der Waals surface area contributed by atoms with Gasteiger partial charge >= 0.3 is 6.18 Å². The number of carbonyl (C=O) groups excluding carboxylic acids is 2. The normalized spacial score (nSPS) is 25.4. The van der Waals surface area contributed by atoms with Crippen LogP contribution in [0.4, 0.5) is 23.4 Å². The number of anilines is 1. The summed E-state index contributed by atoms with van der Waals surface area (Å²) in [7, 11) is 0.